The predicted molar refractivity (Wildman–Crippen MR) is 104 cm³/mol. The Morgan fingerprint density at radius 2 is 1.73 bits per heavy atom. The van der Waals surface area contributed by atoms with E-state index in [0.29, 0.717) is 25.3 Å². The lowest BCUT2D eigenvalue weighted by atomic mass is 10.0. The van der Waals surface area contributed by atoms with Crippen LogP contribution in [-0.4, -0.2) is 56.9 Å². The van der Waals surface area contributed by atoms with Gasteiger partial charge in [0.25, 0.3) is 0 Å². The van der Waals surface area contributed by atoms with Gasteiger partial charge in [-0.25, -0.2) is 9.97 Å². The summed E-state index contributed by atoms with van der Waals surface area (Å²) in [6.07, 6.45) is 6.31. The summed E-state index contributed by atoms with van der Waals surface area (Å²) < 4.78 is 0. The number of fused-ring (bicyclic) bond motifs is 1. The Labute approximate surface area is 156 Å². The molecule has 1 aromatic rings. The Kier molecular flexibility index (Phi) is 6.27. The molecule has 0 radical (unpaired) electrons. The van der Waals surface area contributed by atoms with Crippen LogP contribution in [0.25, 0.3) is 5.57 Å². The number of rotatable bonds is 7. The third-order valence-electron chi connectivity index (χ3n) is 5.53. The van der Waals surface area contributed by atoms with Crippen LogP contribution < -0.4 is 5.73 Å². The SMILES string of the molecule is CC1=C(CCCCCCN2C[C@H](O)C[C@H](O)C2)c2nc(C)nc(N)c2C1. The lowest BCUT2D eigenvalue weighted by Gasteiger charge is -2.33. The van der Waals surface area contributed by atoms with Crippen LogP contribution in [0.2, 0.25) is 0 Å². The summed E-state index contributed by atoms with van der Waals surface area (Å²) in [5, 5.41) is 19.5. The largest absolute Gasteiger partial charge is 0.392 e. The van der Waals surface area contributed by atoms with Gasteiger partial charge in [0.2, 0.25) is 0 Å². The van der Waals surface area contributed by atoms with E-state index in [1.165, 1.54) is 24.0 Å². The topological polar surface area (TPSA) is 95.5 Å². The van der Waals surface area contributed by atoms with Gasteiger partial charge in [-0.1, -0.05) is 18.4 Å². The second-order valence-electron chi connectivity index (χ2n) is 7.89. The minimum atomic E-state index is -0.381. The number of aryl methyl sites for hydroxylation is 1. The zero-order chi connectivity index (χ0) is 18.7. The number of piperidine rings is 1. The van der Waals surface area contributed by atoms with Crippen molar-refractivity contribution in [2.75, 3.05) is 25.4 Å². The summed E-state index contributed by atoms with van der Waals surface area (Å²) in [6, 6.07) is 0. The second-order valence-corrected chi connectivity index (χ2v) is 7.89. The summed E-state index contributed by atoms with van der Waals surface area (Å²) >= 11 is 0. The number of hydrogen-bond acceptors (Lipinski definition) is 6. The maximum atomic E-state index is 9.73. The summed E-state index contributed by atoms with van der Waals surface area (Å²) in [6.45, 7) is 6.43. The molecule has 6 heteroatoms. The van der Waals surface area contributed by atoms with Gasteiger partial charge in [-0.15, -0.1) is 0 Å². The van der Waals surface area contributed by atoms with Crippen molar-refractivity contribution in [3.05, 3.63) is 22.7 Å². The van der Waals surface area contributed by atoms with E-state index in [2.05, 4.69) is 21.8 Å². The van der Waals surface area contributed by atoms with Crippen molar-refractivity contribution in [1.29, 1.82) is 0 Å². The van der Waals surface area contributed by atoms with Crippen molar-refractivity contribution in [2.45, 2.75) is 71.0 Å². The highest BCUT2D eigenvalue weighted by Gasteiger charge is 2.24. The van der Waals surface area contributed by atoms with Crippen LogP contribution in [0.4, 0.5) is 5.82 Å². The minimum absolute atomic E-state index is 0.381. The number of aliphatic hydroxyl groups is 2. The highest BCUT2D eigenvalue weighted by atomic mass is 16.3. The van der Waals surface area contributed by atoms with E-state index >= 15 is 0 Å². The number of hydrogen-bond donors (Lipinski definition) is 3. The molecule has 0 saturated carbocycles. The normalized spacial score (nSPS) is 23.5. The molecule has 6 nitrogen and oxygen atoms in total. The van der Waals surface area contributed by atoms with Crippen molar-refractivity contribution in [3.8, 4) is 0 Å². The smallest absolute Gasteiger partial charge is 0.131 e. The van der Waals surface area contributed by atoms with Gasteiger partial charge < -0.3 is 15.9 Å². The highest BCUT2D eigenvalue weighted by Crippen LogP contribution is 2.36. The van der Waals surface area contributed by atoms with E-state index in [1.54, 1.807) is 0 Å². The molecule has 2 atom stereocenters. The number of unbranched alkanes of at least 4 members (excludes halogenated alkanes) is 3. The highest BCUT2D eigenvalue weighted by molar-refractivity contribution is 5.76. The van der Waals surface area contributed by atoms with E-state index in [-0.39, 0.29) is 12.2 Å². The molecule has 0 amide bonds. The van der Waals surface area contributed by atoms with Gasteiger partial charge >= 0.3 is 0 Å². The maximum Gasteiger partial charge on any atom is 0.131 e. The number of likely N-dealkylation sites (tertiary alicyclic amines) is 1. The van der Waals surface area contributed by atoms with Crippen LogP contribution in [0.5, 0.6) is 0 Å². The Balaban J connectivity index is 1.40. The van der Waals surface area contributed by atoms with Crippen molar-refractivity contribution < 1.29 is 10.2 Å². The lowest BCUT2D eigenvalue weighted by molar-refractivity contribution is -0.00838. The van der Waals surface area contributed by atoms with E-state index in [4.69, 9.17) is 5.73 Å². The van der Waals surface area contributed by atoms with Gasteiger partial charge in [-0.05, 0) is 51.6 Å². The fourth-order valence-corrected chi connectivity index (χ4v) is 4.25. The molecule has 26 heavy (non-hydrogen) atoms. The van der Waals surface area contributed by atoms with Gasteiger partial charge in [-0.2, -0.15) is 0 Å². The Morgan fingerprint density at radius 3 is 2.46 bits per heavy atom. The number of nitrogen functional groups attached to an aromatic ring is 1. The molecule has 1 aromatic heterocycles. The molecule has 1 aliphatic heterocycles. The molecule has 3 rings (SSSR count). The summed E-state index contributed by atoms with van der Waals surface area (Å²) in [5.74, 6) is 1.38. The monoisotopic (exact) mass is 360 g/mol. The fraction of sp³-hybridized carbons (Fsp3) is 0.700. The summed E-state index contributed by atoms with van der Waals surface area (Å²) in [4.78, 5) is 11.1. The molecule has 1 saturated heterocycles. The van der Waals surface area contributed by atoms with Crippen LogP contribution in [0.3, 0.4) is 0 Å². The van der Waals surface area contributed by atoms with Gasteiger partial charge in [0.05, 0.1) is 17.9 Å². The minimum Gasteiger partial charge on any atom is -0.392 e. The van der Waals surface area contributed by atoms with Crippen LogP contribution in [0.15, 0.2) is 5.57 Å². The molecule has 0 spiro atoms. The van der Waals surface area contributed by atoms with Crippen LogP contribution >= 0.6 is 0 Å². The van der Waals surface area contributed by atoms with Crippen LogP contribution in [0.1, 0.15) is 62.5 Å². The molecule has 2 aliphatic rings. The van der Waals surface area contributed by atoms with Crippen LogP contribution in [0, 0.1) is 6.92 Å². The number of aliphatic hydroxyl groups excluding tert-OH is 2. The number of β-amino-alcohol motifs (C(OH)–C–C–N with tert-alkyl or cyclic N) is 2. The summed E-state index contributed by atoms with van der Waals surface area (Å²) in [7, 11) is 0. The van der Waals surface area contributed by atoms with Gasteiger partial charge in [0.1, 0.15) is 11.6 Å². The Hall–Kier alpha value is -1.50. The average molecular weight is 361 g/mol. The molecule has 0 aromatic carbocycles. The molecule has 144 valence electrons. The average Bonchev–Trinajstić information content (AvgIpc) is 2.86. The lowest BCUT2D eigenvalue weighted by Crippen LogP contribution is -2.45. The fourth-order valence-electron chi connectivity index (χ4n) is 4.25. The molecule has 0 bridgehead atoms. The van der Waals surface area contributed by atoms with Gasteiger partial charge in [-0.3, -0.25) is 4.90 Å². The first-order valence-electron chi connectivity index (χ1n) is 9.84. The molecular weight excluding hydrogens is 328 g/mol. The van der Waals surface area contributed by atoms with E-state index in [9.17, 15) is 10.2 Å². The Morgan fingerprint density at radius 1 is 1.04 bits per heavy atom. The maximum absolute atomic E-state index is 9.73. The first-order valence-corrected chi connectivity index (χ1v) is 9.84. The quantitative estimate of drug-likeness (QED) is 0.644. The van der Waals surface area contributed by atoms with Crippen molar-refractivity contribution in [2.24, 2.45) is 0 Å². The molecular formula is C20H32N4O2. The van der Waals surface area contributed by atoms with Gasteiger partial charge in [0.15, 0.2) is 0 Å². The van der Waals surface area contributed by atoms with E-state index < -0.39 is 0 Å². The van der Waals surface area contributed by atoms with E-state index in [0.717, 1.165) is 49.3 Å². The zero-order valence-electron chi connectivity index (χ0n) is 16.0. The third-order valence-corrected chi connectivity index (χ3v) is 5.53. The first kappa shape index (κ1) is 19.3. The third kappa shape index (κ3) is 4.61. The van der Waals surface area contributed by atoms with Crippen molar-refractivity contribution in [1.82, 2.24) is 14.9 Å². The van der Waals surface area contributed by atoms with Crippen molar-refractivity contribution in [3.63, 3.8) is 0 Å². The zero-order valence-corrected chi connectivity index (χ0v) is 16.0. The molecule has 4 N–H and O–H groups in total. The first-order chi connectivity index (χ1) is 12.4. The van der Waals surface area contributed by atoms with E-state index in [1.807, 2.05) is 6.92 Å². The predicted octanol–water partition coefficient (Wildman–Crippen LogP) is 2.07. The number of anilines is 1. The molecule has 2 heterocycles. The van der Waals surface area contributed by atoms with Gasteiger partial charge in [0, 0.05) is 25.1 Å². The number of nitrogens with two attached hydrogens (primary N) is 1. The number of nitrogens with zero attached hydrogens (tertiary/aromatic N) is 3. The van der Waals surface area contributed by atoms with Crippen molar-refractivity contribution >= 4 is 11.4 Å². The molecule has 0 unspecified atom stereocenters. The number of aromatic nitrogens is 2. The van der Waals surface area contributed by atoms with Crippen LogP contribution in [-0.2, 0) is 6.42 Å². The molecule has 1 fully saturated rings. The number of allylic oxidation sites excluding steroid dienone is 2. The molecule has 1 aliphatic carbocycles. The standard InChI is InChI=1S/C20H32N4O2/c1-13-9-18-19(22-14(2)23-20(18)21)17(13)7-5-3-4-6-8-24-11-15(25)10-16(26)12-24/h15-16,25-26H,3-12H2,1-2H3,(H2,21,22,23)/t15-,16+. The summed E-state index contributed by atoms with van der Waals surface area (Å²) in [5.41, 5.74) is 11.0. The second kappa shape index (κ2) is 8.46. The Bertz CT molecular complexity index is 664.